The summed E-state index contributed by atoms with van der Waals surface area (Å²) in [6, 6.07) is 4.31. The molecule has 2 atom stereocenters. The molecule has 0 aliphatic heterocycles. The zero-order chi connectivity index (χ0) is 30.8. The SMILES string of the molecule is C.COC(=O)N(C)NC(=O)C1=C(NC(=O)c2cc(Cn3nnnc3C(F)(F)F)nn2-c2ncccc2Cl)C(C)CC(C)C1. The molecular weight excluding hydrogens is 597 g/mol. The second-order valence-electron chi connectivity index (χ2n) is 9.66. The van der Waals surface area contributed by atoms with Gasteiger partial charge in [-0.3, -0.25) is 15.0 Å². The Morgan fingerprint density at radius 1 is 1.23 bits per heavy atom. The van der Waals surface area contributed by atoms with Crippen LogP contribution in [0.2, 0.25) is 5.02 Å². The molecule has 1 aliphatic rings. The third-order valence-corrected chi connectivity index (χ3v) is 6.69. The molecule has 0 saturated heterocycles. The molecule has 14 nitrogen and oxygen atoms in total. The molecule has 18 heteroatoms. The number of hydrogen-bond acceptors (Lipinski definition) is 9. The van der Waals surface area contributed by atoms with E-state index in [2.05, 4.69) is 41.1 Å². The molecule has 0 bridgehead atoms. The highest BCUT2D eigenvalue weighted by molar-refractivity contribution is 6.32. The van der Waals surface area contributed by atoms with E-state index in [4.69, 9.17) is 11.6 Å². The third kappa shape index (κ3) is 7.28. The second-order valence-corrected chi connectivity index (χ2v) is 10.1. The van der Waals surface area contributed by atoms with E-state index in [0.29, 0.717) is 23.2 Å². The van der Waals surface area contributed by atoms with Gasteiger partial charge in [0.05, 0.1) is 24.4 Å². The summed E-state index contributed by atoms with van der Waals surface area (Å²) in [7, 11) is 2.47. The van der Waals surface area contributed by atoms with Crippen LogP contribution in [0, 0.1) is 11.8 Å². The molecule has 1 aliphatic carbocycles. The van der Waals surface area contributed by atoms with Gasteiger partial charge in [-0.1, -0.05) is 32.9 Å². The lowest BCUT2D eigenvalue weighted by atomic mass is 9.81. The smallest absolute Gasteiger partial charge is 0.452 e. The van der Waals surface area contributed by atoms with Crippen molar-refractivity contribution in [1.29, 1.82) is 0 Å². The number of alkyl halides is 3. The predicted molar refractivity (Wildman–Crippen MR) is 145 cm³/mol. The normalized spacial score (nSPS) is 16.7. The first-order valence-electron chi connectivity index (χ1n) is 12.5. The van der Waals surface area contributed by atoms with Gasteiger partial charge < -0.3 is 10.1 Å². The number of tetrazole rings is 1. The monoisotopic (exact) mass is 626 g/mol. The van der Waals surface area contributed by atoms with Crippen molar-refractivity contribution in [2.45, 2.75) is 46.8 Å². The molecule has 3 amide bonds. The second kappa shape index (κ2) is 13.2. The van der Waals surface area contributed by atoms with Gasteiger partial charge in [-0.15, -0.1) is 5.10 Å². The molecule has 0 radical (unpaired) electrons. The minimum atomic E-state index is -4.82. The minimum absolute atomic E-state index is 0. The van der Waals surface area contributed by atoms with Crippen molar-refractivity contribution in [3.8, 4) is 5.82 Å². The summed E-state index contributed by atoms with van der Waals surface area (Å²) in [5.74, 6) is -2.83. The maximum absolute atomic E-state index is 13.7. The Morgan fingerprint density at radius 3 is 2.60 bits per heavy atom. The highest BCUT2D eigenvalue weighted by atomic mass is 35.5. The van der Waals surface area contributed by atoms with Crippen molar-refractivity contribution < 1.29 is 32.3 Å². The summed E-state index contributed by atoms with van der Waals surface area (Å²) in [4.78, 5) is 42.8. The van der Waals surface area contributed by atoms with Crippen LogP contribution in [-0.4, -0.2) is 72.0 Å². The van der Waals surface area contributed by atoms with Crippen LogP contribution in [-0.2, 0) is 22.3 Å². The van der Waals surface area contributed by atoms with Crippen molar-refractivity contribution in [1.82, 2.24) is 50.7 Å². The van der Waals surface area contributed by atoms with Crippen molar-refractivity contribution >= 4 is 29.5 Å². The van der Waals surface area contributed by atoms with E-state index in [1.54, 1.807) is 6.07 Å². The van der Waals surface area contributed by atoms with Crippen molar-refractivity contribution in [3.63, 3.8) is 0 Å². The van der Waals surface area contributed by atoms with Gasteiger partial charge in [-0.25, -0.2) is 24.2 Å². The Balaban J connectivity index is 0.00000506. The Bertz CT molecular complexity index is 1540. The summed E-state index contributed by atoms with van der Waals surface area (Å²) in [5.41, 5.74) is 2.86. The molecule has 2 unspecified atom stereocenters. The number of aromatic nitrogens is 7. The topological polar surface area (TPSA) is 162 Å². The maximum Gasteiger partial charge on any atom is 0.453 e. The molecule has 0 aromatic carbocycles. The van der Waals surface area contributed by atoms with Gasteiger partial charge in [-0.05, 0) is 53.3 Å². The number of hydrazine groups is 1. The minimum Gasteiger partial charge on any atom is -0.452 e. The molecule has 0 saturated carbocycles. The molecular formula is C25H30ClF3N10O4. The van der Waals surface area contributed by atoms with Gasteiger partial charge in [0, 0.05) is 24.5 Å². The fourth-order valence-corrected chi connectivity index (χ4v) is 4.80. The largest absolute Gasteiger partial charge is 0.453 e. The van der Waals surface area contributed by atoms with E-state index in [-0.39, 0.29) is 47.1 Å². The van der Waals surface area contributed by atoms with Crippen LogP contribution in [0.4, 0.5) is 18.0 Å². The number of hydrogen-bond donors (Lipinski definition) is 2. The van der Waals surface area contributed by atoms with E-state index in [1.807, 2.05) is 13.8 Å². The zero-order valence-electron chi connectivity index (χ0n) is 22.8. The summed E-state index contributed by atoms with van der Waals surface area (Å²) in [5, 5.41) is 17.6. The molecule has 3 heterocycles. The first-order chi connectivity index (χ1) is 19.8. The highest BCUT2D eigenvalue weighted by Gasteiger charge is 2.38. The zero-order valence-corrected chi connectivity index (χ0v) is 23.6. The van der Waals surface area contributed by atoms with Crippen LogP contribution >= 0.6 is 11.6 Å². The summed E-state index contributed by atoms with van der Waals surface area (Å²) in [6.45, 7) is 3.26. The van der Waals surface area contributed by atoms with Crippen molar-refractivity contribution in [3.05, 3.63) is 57.9 Å². The molecule has 43 heavy (non-hydrogen) atoms. The lowest BCUT2D eigenvalue weighted by molar-refractivity contribution is -0.147. The summed E-state index contributed by atoms with van der Waals surface area (Å²) >= 11 is 6.31. The third-order valence-electron chi connectivity index (χ3n) is 6.40. The molecule has 232 valence electrons. The van der Waals surface area contributed by atoms with Crippen LogP contribution in [0.25, 0.3) is 5.82 Å². The lowest BCUT2D eigenvalue weighted by Gasteiger charge is -2.30. The fraction of sp³-hybridized carbons (Fsp3) is 0.440. The number of carbonyl (C=O) groups excluding carboxylic acids is 3. The molecule has 2 N–H and O–H groups in total. The van der Waals surface area contributed by atoms with Gasteiger partial charge in [0.15, 0.2) is 5.82 Å². The number of amides is 3. The number of ether oxygens (including phenoxy) is 1. The Labute approximate surface area is 249 Å². The van der Waals surface area contributed by atoms with E-state index < -0.39 is 36.5 Å². The molecule has 3 aromatic heterocycles. The number of rotatable bonds is 6. The van der Waals surface area contributed by atoms with E-state index in [9.17, 15) is 27.6 Å². The highest BCUT2D eigenvalue weighted by Crippen LogP contribution is 2.33. The average molecular weight is 627 g/mol. The Hall–Kier alpha value is -4.54. The predicted octanol–water partition coefficient (Wildman–Crippen LogP) is 3.39. The van der Waals surface area contributed by atoms with Crippen LogP contribution in [0.15, 0.2) is 35.7 Å². The van der Waals surface area contributed by atoms with Crippen molar-refractivity contribution in [2.75, 3.05) is 14.2 Å². The van der Waals surface area contributed by atoms with Gasteiger partial charge in [-0.2, -0.15) is 18.3 Å². The van der Waals surface area contributed by atoms with Gasteiger partial charge in [0.25, 0.3) is 17.6 Å². The Morgan fingerprint density at radius 2 is 1.95 bits per heavy atom. The lowest BCUT2D eigenvalue weighted by Crippen LogP contribution is -2.45. The Kier molecular flexibility index (Phi) is 10.1. The molecule has 4 rings (SSSR count). The summed E-state index contributed by atoms with van der Waals surface area (Å²) < 4.78 is 46.2. The summed E-state index contributed by atoms with van der Waals surface area (Å²) in [6.07, 6.45) is -3.27. The van der Waals surface area contributed by atoms with Crippen LogP contribution in [0.1, 0.15) is 56.1 Å². The van der Waals surface area contributed by atoms with Crippen LogP contribution < -0.4 is 10.7 Å². The molecule has 0 spiro atoms. The van der Waals surface area contributed by atoms with Gasteiger partial charge in [0.2, 0.25) is 0 Å². The number of methoxy groups -OCH3 is 1. The van der Waals surface area contributed by atoms with Gasteiger partial charge in [0.1, 0.15) is 5.69 Å². The number of carbonyl (C=O) groups is 3. The van der Waals surface area contributed by atoms with E-state index >= 15 is 0 Å². The first-order valence-corrected chi connectivity index (χ1v) is 12.9. The first kappa shape index (κ1) is 33.0. The van der Waals surface area contributed by atoms with Crippen LogP contribution in [0.5, 0.6) is 0 Å². The number of allylic oxidation sites excluding steroid dienone is 1. The maximum atomic E-state index is 13.7. The fourth-order valence-electron chi connectivity index (χ4n) is 4.59. The average Bonchev–Trinajstić information content (AvgIpc) is 3.57. The standard InChI is InChI=1S/C24H26ClF3N10O4.CH4/c1-12-8-13(2)18(15(9-12)20(39)33-36(3)23(41)42-4)30-21(40)17-10-14(11-37-22(24(26,27)28)31-34-35-37)32-38(17)19-16(25)6-5-7-29-19;/h5-7,10,12-13H,8-9,11H2,1-4H3,(H,30,40)(H,33,39);1H4. The van der Waals surface area contributed by atoms with Gasteiger partial charge >= 0.3 is 12.3 Å². The van der Waals surface area contributed by atoms with E-state index in [1.165, 1.54) is 25.4 Å². The number of nitrogens with zero attached hydrogens (tertiary/aromatic N) is 8. The molecule has 3 aromatic rings. The van der Waals surface area contributed by atoms with Crippen LogP contribution in [0.3, 0.4) is 0 Å². The molecule has 0 fully saturated rings. The quantitative estimate of drug-likeness (QED) is 0.391. The number of pyridine rings is 1. The number of nitrogens with one attached hydrogen (secondary N) is 2. The number of halogens is 4. The van der Waals surface area contributed by atoms with Crippen molar-refractivity contribution in [2.24, 2.45) is 11.8 Å². The van der Waals surface area contributed by atoms with E-state index in [0.717, 1.165) is 16.8 Å².